The summed E-state index contributed by atoms with van der Waals surface area (Å²) in [6.45, 7) is 8.98. The van der Waals surface area contributed by atoms with E-state index >= 15 is 0 Å². The summed E-state index contributed by atoms with van der Waals surface area (Å²) in [5, 5.41) is 2.55. The van der Waals surface area contributed by atoms with Crippen LogP contribution in [0.25, 0.3) is 0 Å². The number of fused-ring (bicyclic) bond motifs is 1. The van der Waals surface area contributed by atoms with Gasteiger partial charge in [0.05, 0.1) is 18.2 Å². The summed E-state index contributed by atoms with van der Waals surface area (Å²) in [6.07, 6.45) is 0. The molecule has 170 valence electrons. The second kappa shape index (κ2) is 9.84. The molecule has 1 N–H and O–H groups in total. The largest absolute Gasteiger partial charge is 0.352 e. The minimum Gasteiger partial charge on any atom is -0.352 e. The van der Waals surface area contributed by atoms with Crippen molar-refractivity contribution in [2.45, 2.75) is 50.9 Å². The van der Waals surface area contributed by atoms with Gasteiger partial charge in [0.1, 0.15) is 5.25 Å². The molecule has 5 heteroatoms. The SMILES string of the molecule is Cc1ccc(CNC(=O)[C@@H](C)[C@H]2Sc3ccccc3N(Cc3cc(C)ccc3C)C2=O)cc1. The monoisotopic (exact) mass is 458 g/mol. The maximum atomic E-state index is 13.7. The van der Waals surface area contributed by atoms with E-state index in [1.54, 1.807) is 0 Å². The van der Waals surface area contributed by atoms with Crippen LogP contribution >= 0.6 is 11.8 Å². The predicted octanol–water partition coefficient (Wildman–Crippen LogP) is 5.57. The van der Waals surface area contributed by atoms with Gasteiger partial charge in [-0.3, -0.25) is 9.59 Å². The van der Waals surface area contributed by atoms with E-state index in [1.807, 2.05) is 67.3 Å². The first-order valence-electron chi connectivity index (χ1n) is 11.3. The molecule has 3 aromatic carbocycles. The average Bonchev–Trinajstić information content (AvgIpc) is 2.81. The Morgan fingerprint density at radius 3 is 2.45 bits per heavy atom. The predicted molar refractivity (Wildman–Crippen MR) is 135 cm³/mol. The molecule has 0 aromatic heterocycles. The number of rotatable bonds is 6. The lowest BCUT2D eigenvalue weighted by atomic mass is 10.0. The number of hydrogen-bond acceptors (Lipinski definition) is 3. The van der Waals surface area contributed by atoms with Gasteiger partial charge in [0, 0.05) is 11.4 Å². The van der Waals surface area contributed by atoms with Gasteiger partial charge in [-0.1, -0.05) is 72.6 Å². The smallest absolute Gasteiger partial charge is 0.241 e. The van der Waals surface area contributed by atoms with Crippen molar-refractivity contribution in [3.05, 3.63) is 94.5 Å². The first kappa shape index (κ1) is 23.1. The maximum Gasteiger partial charge on any atom is 0.241 e. The number of carbonyl (C=O) groups excluding carboxylic acids is 2. The first-order chi connectivity index (χ1) is 15.8. The molecule has 0 radical (unpaired) electrons. The van der Waals surface area contributed by atoms with Gasteiger partial charge in [0.25, 0.3) is 0 Å². The summed E-state index contributed by atoms with van der Waals surface area (Å²) in [7, 11) is 0. The number of nitrogens with zero attached hydrogens (tertiary/aromatic N) is 1. The molecule has 4 rings (SSSR count). The van der Waals surface area contributed by atoms with Gasteiger partial charge in [0.15, 0.2) is 0 Å². The lowest BCUT2D eigenvalue weighted by Gasteiger charge is -2.36. The van der Waals surface area contributed by atoms with E-state index in [2.05, 4.69) is 37.4 Å². The molecule has 0 unspecified atom stereocenters. The summed E-state index contributed by atoms with van der Waals surface area (Å²) in [5.41, 5.74) is 6.60. The van der Waals surface area contributed by atoms with Crippen LogP contribution in [0.4, 0.5) is 5.69 Å². The van der Waals surface area contributed by atoms with Crippen LogP contribution in [0.15, 0.2) is 71.6 Å². The van der Waals surface area contributed by atoms with E-state index in [1.165, 1.54) is 22.9 Å². The summed E-state index contributed by atoms with van der Waals surface area (Å²) in [4.78, 5) is 29.6. The number of aryl methyl sites for hydroxylation is 3. The molecule has 1 aliphatic heterocycles. The van der Waals surface area contributed by atoms with Crippen LogP contribution in [-0.4, -0.2) is 17.1 Å². The number of anilines is 1. The number of benzene rings is 3. The van der Waals surface area contributed by atoms with Gasteiger partial charge in [-0.25, -0.2) is 0 Å². The summed E-state index contributed by atoms with van der Waals surface area (Å²) in [6, 6.07) is 22.4. The van der Waals surface area contributed by atoms with Gasteiger partial charge >= 0.3 is 0 Å². The topological polar surface area (TPSA) is 49.4 Å². The highest BCUT2D eigenvalue weighted by Crippen LogP contribution is 2.42. The third kappa shape index (κ3) is 5.14. The lowest BCUT2D eigenvalue weighted by molar-refractivity contribution is -0.128. The Kier molecular flexibility index (Phi) is 6.89. The Bertz CT molecular complexity index is 1170. The number of carbonyl (C=O) groups is 2. The van der Waals surface area contributed by atoms with Gasteiger partial charge in [-0.2, -0.15) is 0 Å². The number of thioether (sulfide) groups is 1. The van der Waals surface area contributed by atoms with E-state index in [9.17, 15) is 9.59 Å². The van der Waals surface area contributed by atoms with E-state index < -0.39 is 11.2 Å². The molecular weight excluding hydrogens is 428 g/mol. The van der Waals surface area contributed by atoms with Crippen molar-refractivity contribution in [1.82, 2.24) is 5.32 Å². The Morgan fingerprint density at radius 1 is 1.00 bits per heavy atom. The average molecular weight is 459 g/mol. The Morgan fingerprint density at radius 2 is 1.70 bits per heavy atom. The number of para-hydroxylation sites is 1. The van der Waals surface area contributed by atoms with Gasteiger partial charge in [-0.15, -0.1) is 11.8 Å². The minimum atomic E-state index is -0.469. The fourth-order valence-corrected chi connectivity index (χ4v) is 5.34. The van der Waals surface area contributed by atoms with E-state index in [4.69, 9.17) is 0 Å². The first-order valence-corrected chi connectivity index (χ1v) is 12.2. The molecule has 0 fully saturated rings. The molecule has 0 aliphatic carbocycles. The molecule has 4 nitrogen and oxygen atoms in total. The van der Waals surface area contributed by atoms with E-state index in [0.717, 1.165) is 27.3 Å². The van der Waals surface area contributed by atoms with Gasteiger partial charge in [-0.05, 0) is 49.6 Å². The van der Waals surface area contributed by atoms with E-state index in [-0.39, 0.29) is 11.8 Å². The minimum absolute atomic E-state index is 0.0161. The Labute approximate surface area is 200 Å². The quantitative estimate of drug-likeness (QED) is 0.525. The maximum absolute atomic E-state index is 13.7. The highest BCUT2D eigenvalue weighted by molar-refractivity contribution is 8.01. The van der Waals surface area contributed by atoms with Crippen molar-refractivity contribution in [1.29, 1.82) is 0 Å². The standard InChI is InChI=1S/C28H30N2O2S/c1-18-10-13-22(14-11-18)16-29-27(31)21(4)26-28(32)30(24-7-5-6-8-25(24)33-26)17-23-15-19(2)9-12-20(23)3/h5-15,21,26H,16-17H2,1-4H3,(H,29,31)/t21-,26+/m0/s1. The molecule has 3 aromatic rings. The molecule has 33 heavy (non-hydrogen) atoms. The number of nitrogens with one attached hydrogen (secondary N) is 1. The summed E-state index contributed by atoms with van der Waals surface area (Å²) < 4.78 is 0. The summed E-state index contributed by atoms with van der Waals surface area (Å²) >= 11 is 1.49. The van der Waals surface area contributed by atoms with Crippen LogP contribution in [0.5, 0.6) is 0 Å². The molecule has 1 aliphatic rings. The molecule has 2 amide bonds. The summed E-state index contributed by atoms with van der Waals surface area (Å²) in [5.74, 6) is -0.576. The lowest BCUT2D eigenvalue weighted by Crippen LogP contribution is -2.47. The van der Waals surface area contributed by atoms with E-state index in [0.29, 0.717) is 13.1 Å². The van der Waals surface area contributed by atoms with Crippen molar-refractivity contribution in [3.8, 4) is 0 Å². The number of amides is 2. The third-order valence-corrected chi connectivity index (χ3v) is 7.67. The zero-order chi connectivity index (χ0) is 23.5. The fraction of sp³-hybridized carbons (Fsp3) is 0.286. The molecule has 0 bridgehead atoms. The van der Waals surface area contributed by atoms with Crippen molar-refractivity contribution < 1.29 is 9.59 Å². The number of hydrogen-bond donors (Lipinski definition) is 1. The van der Waals surface area contributed by atoms with Crippen LogP contribution in [0.3, 0.4) is 0 Å². The van der Waals surface area contributed by atoms with Crippen molar-refractivity contribution in [3.63, 3.8) is 0 Å². The molecular formula is C28H30N2O2S. The van der Waals surface area contributed by atoms with Gasteiger partial charge < -0.3 is 10.2 Å². The third-order valence-electron chi connectivity index (χ3n) is 6.21. The molecule has 2 atom stereocenters. The van der Waals surface area contributed by atoms with Crippen LogP contribution in [0.2, 0.25) is 0 Å². The molecule has 0 saturated carbocycles. The van der Waals surface area contributed by atoms with Crippen molar-refractivity contribution in [2.24, 2.45) is 5.92 Å². The van der Waals surface area contributed by atoms with Crippen LogP contribution in [0.1, 0.15) is 34.7 Å². The fourth-order valence-electron chi connectivity index (χ4n) is 4.05. The Balaban J connectivity index is 1.55. The van der Waals surface area contributed by atoms with Crippen LogP contribution < -0.4 is 10.2 Å². The molecule has 0 saturated heterocycles. The normalized spacial score (nSPS) is 16.3. The van der Waals surface area contributed by atoms with Gasteiger partial charge in [0.2, 0.25) is 11.8 Å². The zero-order valence-corrected chi connectivity index (χ0v) is 20.4. The van der Waals surface area contributed by atoms with Crippen molar-refractivity contribution >= 4 is 29.3 Å². The highest BCUT2D eigenvalue weighted by Gasteiger charge is 2.39. The second-order valence-electron chi connectivity index (χ2n) is 8.85. The second-order valence-corrected chi connectivity index (χ2v) is 10.0. The highest BCUT2D eigenvalue weighted by atomic mass is 32.2. The zero-order valence-electron chi connectivity index (χ0n) is 19.6. The molecule has 0 spiro atoms. The van der Waals surface area contributed by atoms with Crippen LogP contribution in [-0.2, 0) is 22.7 Å². The van der Waals surface area contributed by atoms with Crippen LogP contribution in [0, 0.1) is 26.7 Å². The Hall–Kier alpha value is -3.05. The molecule has 1 heterocycles. The van der Waals surface area contributed by atoms with Crippen molar-refractivity contribution in [2.75, 3.05) is 4.90 Å².